The number of carbonyl (C=O) groups excluding carboxylic acids is 1. The van der Waals surface area contributed by atoms with E-state index in [2.05, 4.69) is 31.5 Å². The Morgan fingerprint density at radius 2 is 1.88 bits per heavy atom. The first-order valence-electron chi connectivity index (χ1n) is 8.98. The highest BCUT2D eigenvalue weighted by atomic mass is 16.5. The van der Waals surface area contributed by atoms with Crippen molar-refractivity contribution < 1.29 is 9.53 Å². The van der Waals surface area contributed by atoms with Crippen LogP contribution >= 0.6 is 0 Å². The number of amides is 1. The van der Waals surface area contributed by atoms with Crippen molar-refractivity contribution in [3.63, 3.8) is 0 Å². The molecule has 1 aromatic carbocycles. The summed E-state index contributed by atoms with van der Waals surface area (Å²) in [4.78, 5) is 20.9. The van der Waals surface area contributed by atoms with E-state index in [-0.39, 0.29) is 5.91 Å². The summed E-state index contributed by atoms with van der Waals surface area (Å²) in [5.41, 5.74) is 0.627. The fourth-order valence-corrected chi connectivity index (χ4v) is 3.10. The molecule has 1 aromatic rings. The van der Waals surface area contributed by atoms with E-state index in [1.807, 2.05) is 32.0 Å². The van der Waals surface area contributed by atoms with Gasteiger partial charge in [0, 0.05) is 46.8 Å². The molecule has 0 atom stereocenters. The van der Waals surface area contributed by atoms with Gasteiger partial charge in [0.25, 0.3) is 0 Å². The molecule has 2 N–H and O–H groups in total. The van der Waals surface area contributed by atoms with E-state index >= 15 is 0 Å². The summed E-state index contributed by atoms with van der Waals surface area (Å²) in [7, 11) is 5.15. The maximum atomic E-state index is 11.9. The van der Waals surface area contributed by atoms with E-state index in [1.165, 1.54) is 0 Å². The highest BCUT2D eigenvalue weighted by molar-refractivity contribution is 5.84. The SMILES string of the molecule is CN=C(NCC(C)(C)C(=O)NC)N1CCN(c2ccccc2OC)CC1. The lowest BCUT2D eigenvalue weighted by Gasteiger charge is -2.38. The smallest absolute Gasteiger partial charge is 0.227 e. The average Bonchev–Trinajstić information content (AvgIpc) is 2.68. The van der Waals surface area contributed by atoms with Crippen LogP contribution in [0.25, 0.3) is 0 Å². The second kappa shape index (κ2) is 8.78. The van der Waals surface area contributed by atoms with E-state index in [0.29, 0.717) is 6.54 Å². The average molecular weight is 361 g/mol. The molecule has 26 heavy (non-hydrogen) atoms. The number of para-hydroxylation sites is 2. The Hall–Kier alpha value is -2.44. The molecule has 144 valence electrons. The van der Waals surface area contributed by atoms with Crippen LogP contribution in [0.5, 0.6) is 5.75 Å². The fourth-order valence-electron chi connectivity index (χ4n) is 3.10. The summed E-state index contributed by atoms with van der Waals surface area (Å²) in [5, 5.41) is 6.05. The van der Waals surface area contributed by atoms with E-state index in [4.69, 9.17) is 4.74 Å². The van der Waals surface area contributed by atoms with Crippen LogP contribution in [-0.2, 0) is 4.79 Å². The number of hydrogen-bond donors (Lipinski definition) is 2. The van der Waals surface area contributed by atoms with Gasteiger partial charge in [0.2, 0.25) is 5.91 Å². The Labute approximate surface area is 156 Å². The van der Waals surface area contributed by atoms with Crippen LogP contribution in [0.15, 0.2) is 29.3 Å². The van der Waals surface area contributed by atoms with Crippen LogP contribution in [0.1, 0.15) is 13.8 Å². The summed E-state index contributed by atoms with van der Waals surface area (Å²) >= 11 is 0. The Balaban J connectivity index is 1.94. The summed E-state index contributed by atoms with van der Waals surface area (Å²) in [6.45, 7) is 7.87. The number of aliphatic imine (C=N–C) groups is 1. The third-order valence-corrected chi connectivity index (χ3v) is 4.75. The maximum Gasteiger partial charge on any atom is 0.227 e. The van der Waals surface area contributed by atoms with Crippen molar-refractivity contribution in [1.29, 1.82) is 0 Å². The minimum absolute atomic E-state index is 0.0152. The Morgan fingerprint density at radius 1 is 1.23 bits per heavy atom. The minimum Gasteiger partial charge on any atom is -0.495 e. The summed E-state index contributed by atoms with van der Waals surface area (Å²) < 4.78 is 5.47. The first kappa shape index (κ1) is 19.9. The lowest BCUT2D eigenvalue weighted by Crippen LogP contribution is -2.54. The van der Waals surface area contributed by atoms with E-state index in [9.17, 15) is 4.79 Å². The number of methoxy groups -OCH3 is 1. The highest BCUT2D eigenvalue weighted by Gasteiger charge is 2.28. The van der Waals surface area contributed by atoms with Crippen molar-refractivity contribution in [3.05, 3.63) is 24.3 Å². The number of nitrogens with zero attached hydrogens (tertiary/aromatic N) is 3. The number of benzene rings is 1. The van der Waals surface area contributed by atoms with Crippen LogP contribution in [0, 0.1) is 5.41 Å². The van der Waals surface area contributed by atoms with Gasteiger partial charge in [0.1, 0.15) is 5.75 Å². The predicted molar refractivity (Wildman–Crippen MR) is 106 cm³/mol. The molecule has 7 heteroatoms. The number of ether oxygens (including phenoxy) is 1. The molecule has 0 aromatic heterocycles. The summed E-state index contributed by atoms with van der Waals surface area (Å²) in [5.74, 6) is 1.75. The van der Waals surface area contributed by atoms with Gasteiger partial charge >= 0.3 is 0 Å². The van der Waals surface area contributed by atoms with Crippen molar-refractivity contribution in [3.8, 4) is 5.75 Å². The first-order valence-corrected chi connectivity index (χ1v) is 8.98. The number of anilines is 1. The Kier molecular flexibility index (Phi) is 6.71. The van der Waals surface area contributed by atoms with Crippen LogP contribution in [0.3, 0.4) is 0 Å². The third-order valence-electron chi connectivity index (χ3n) is 4.75. The first-order chi connectivity index (χ1) is 12.4. The molecule has 0 unspecified atom stereocenters. The van der Waals surface area contributed by atoms with Gasteiger partial charge < -0.3 is 25.2 Å². The summed E-state index contributed by atoms with van der Waals surface area (Å²) in [6.07, 6.45) is 0. The second-order valence-corrected chi connectivity index (χ2v) is 7.01. The molecule has 0 saturated carbocycles. The van der Waals surface area contributed by atoms with Crippen molar-refractivity contribution in [1.82, 2.24) is 15.5 Å². The fraction of sp³-hybridized carbons (Fsp3) is 0.579. The zero-order valence-corrected chi connectivity index (χ0v) is 16.5. The maximum absolute atomic E-state index is 11.9. The molecule has 0 radical (unpaired) electrons. The molecular formula is C19H31N5O2. The Bertz CT molecular complexity index is 637. The van der Waals surface area contributed by atoms with Crippen molar-refractivity contribution in [2.45, 2.75) is 13.8 Å². The summed E-state index contributed by atoms with van der Waals surface area (Å²) in [6, 6.07) is 8.10. The normalized spacial score (nSPS) is 15.7. The molecular weight excluding hydrogens is 330 g/mol. The molecule has 1 heterocycles. The van der Waals surface area contributed by atoms with Crippen molar-refractivity contribution in [2.24, 2.45) is 10.4 Å². The van der Waals surface area contributed by atoms with Gasteiger partial charge in [-0.2, -0.15) is 0 Å². The molecule has 1 aliphatic heterocycles. The molecule has 1 saturated heterocycles. The standard InChI is InChI=1S/C19H31N5O2/c1-19(2,17(25)20-3)14-22-18(21-4)24-12-10-23(11-13-24)15-8-6-7-9-16(15)26-5/h6-9H,10-14H2,1-5H3,(H,20,25)(H,21,22). The molecule has 2 rings (SSSR count). The molecule has 0 bridgehead atoms. The lowest BCUT2D eigenvalue weighted by atomic mass is 9.92. The van der Waals surface area contributed by atoms with Gasteiger partial charge in [0.05, 0.1) is 18.2 Å². The van der Waals surface area contributed by atoms with Crippen LogP contribution in [0.2, 0.25) is 0 Å². The number of piperazine rings is 1. The van der Waals surface area contributed by atoms with E-state index in [0.717, 1.165) is 43.6 Å². The predicted octanol–water partition coefficient (Wildman–Crippen LogP) is 1.16. The second-order valence-electron chi connectivity index (χ2n) is 7.01. The number of hydrogen-bond acceptors (Lipinski definition) is 4. The monoisotopic (exact) mass is 361 g/mol. The molecule has 1 aliphatic rings. The van der Waals surface area contributed by atoms with Gasteiger partial charge in [-0.05, 0) is 26.0 Å². The zero-order valence-electron chi connectivity index (χ0n) is 16.5. The number of rotatable bonds is 5. The van der Waals surface area contributed by atoms with Crippen molar-refractivity contribution >= 4 is 17.6 Å². The third kappa shape index (κ3) is 4.59. The number of carbonyl (C=O) groups is 1. The van der Waals surface area contributed by atoms with Gasteiger partial charge in [-0.1, -0.05) is 12.1 Å². The van der Waals surface area contributed by atoms with Gasteiger partial charge in [-0.25, -0.2) is 0 Å². The molecule has 0 aliphatic carbocycles. The molecule has 1 amide bonds. The Morgan fingerprint density at radius 3 is 2.46 bits per heavy atom. The lowest BCUT2D eigenvalue weighted by molar-refractivity contribution is -0.128. The minimum atomic E-state index is -0.496. The number of guanidine groups is 1. The van der Waals surface area contributed by atoms with Crippen LogP contribution in [-0.4, -0.2) is 70.7 Å². The van der Waals surface area contributed by atoms with E-state index in [1.54, 1.807) is 21.2 Å². The molecule has 1 fully saturated rings. The largest absolute Gasteiger partial charge is 0.495 e. The molecule has 0 spiro atoms. The quantitative estimate of drug-likeness (QED) is 0.609. The highest BCUT2D eigenvalue weighted by Crippen LogP contribution is 2.28. The van der Waals surface area contributed by atoms with Crippen molar-refractivity contribution in [2.75, 3.05) is 58.8 Å². The topological polar surface area (TPSA) is 69.2 Å². The van der Waals surface area contributed by atoms with Crippen LogP contribution in [0.4, 0.5) is 5.69 Å². The van der Waals surface area contributed by atoms with Gasteiger partial charge in [-0.3, -0.25) is 9.79 Å². The van der Waals surface area contributed by atoms with Gasteiger partial charge in [-0.15, -0.1) is 0 Å². The van der Waals surface area contributed by atoms with Crippen LogP contribution < -0.4 is 20.3 Å². The van der Waals surface area contributed by atoms with Gasteiger partial charge in [0.15, 0.2) is 5.96 Å². The molecule has 7 nitrogen and oxygen atoms in total. The zero-order chi connectivity index (χ0) is 19.2. The number of nitrogens with one attached hydrogen (secondary N) is 2. The van der Waals surface area contributed by atoms with E-state index < -0.39 is 5.41 Å².